The van der Waals surface area contributed by atoms with Crippen LogP contribution in [-0.2, 0) is 6.42 Å². The normalized spacial score (nSPS) is 17.5. The van der Waals surface area contributed by atoms with Crippen molar-refractivity contribution in [1.82, 2.24) is 0 Å². The second kappa shape index (κ2) is 10.6. The monoisotopic (exact) mass is 434 g/mol. The molecular weight excluding hydrogens is 403 g/mol. The van der Waals surface area contributed by atoms with Gasteiger partial charge in [-0.25, -0.2) is 4.39 Å². The summed E-state index contributed by atoms with van der Waals surface area (Å²) in [7, 11) is 0. The molecule has 4 rings (SSSR count). The molecule has 0 heterocycles. The quantitative estimate of drug-likeness (QED) is 0.364. The molecule has 1 aliphatic rings. The molecule has 0 nitrogen and oxygen atoms in total. The zero-order valence-corrected chi connectivity index (χ0v) is 19.8. The van der Waals surface area contributed by atoms with Crippen LogP contribution in [0.2, 0.25) is 0 Å². The second-order valence-electron chi connectivity index (χ2n) is 9.52. The molecule has 3 aromatic carbocycles. The third-order valence-corrected chi connectivity index (χ3v) is 6.70. The van der Waals surface area contributed by atoms with Gasteiger partial charge >= 0.3 is 0 Å². The van der Waals surface area contributed by atoms with E-state index in [1.165, 1.54) is 43.7 Å². The first-order chi connectivity index (χ1) is 16.0. The third kappa shape index (κ3) is 6.37. The fraction of sp³-hybridized carbons (Fsp3) is 0.312. The van der Waals surface area contributed by atoms with Crippen molar-refractivity contribution in [2.75, 3.05) is 0 Å². The van der Waals surface area contributed by atoms with Gasteiger partial charge in [-0.1, -0.05) is 61.6 Å². The van der Waals surface area contributed by atoms with Gasteiger partial charge in [-0.05, 0) is 104 Å². The van der Waals surface area contributed by atoms with Gasteiger partial charge in [0, 0.05) is 22.3 Å². The molecule has 0 spiro atoms. The van der Waals surface area contributed by atoms with Crippen LogP contribution in [0.4, 0.5) is 4.39 Å². The van der Waals surface area contributed by atoms with Crippen molar-refractivity contribution < 1.29 is 4.39 Å². The van der Waals surface area contributed by atoms with Crippen LogP contribution >= 0.6 is 0 Å². The molecular formula is C32H31F. The minimum Gasteiger partial charge on any atom is -0.207 e. The largest absolute Gasteiger partial charge is 0.207 e. The Balaban J connectivity index is 1.40. The van der Waals surface area contributed by atoms with E-state index in [2.05, 4.69) is 61.8 Å². The summed E-state index contributed by atoms with van der Waals surface area (Å²) in [5.74, 6) is 14.3. The average Bonchev–Trinajstić information content (AvgIpc) is 2.82. The van der Waals surface area contributed by atoms with Gasteiger partial charge in [0.25, 0.3) is 0 Å². The standard InChI is InChI=1S/C32H31F/c1-23-4-7-28(8-5-23)21-29-12-10-26(11-13-29)16-18-31-19-17-27(20-25(31)3)14-15-30-9-6-24(2)32(33)22-30/h6,9-13,17,19-20,22-23,28H,4-5,7-8,21H2,1-3H3. The first-order valence-corrected chi connectivity index (χ1v) is 12.0. The maximum absolute atomic E-state index is 13.7. The molecule has 1 saturated carbocycles. The smallest absolute Gasteiger partial charge is 0.127 e. The fourth-order valence-electron chi connectivity index (χ4n) is 4.43. The highest BCUT2D eigenvalue weighted by atomic mass is 19.1. The van der Waals surface area contributed by atoms with Crippen molar-refractivity contribution >= 4 is 0 Å². The molecule has 0 unspecified atom stereocenters. The number of hydrogen-bond acceptors (Lipinski definition) is 0. The van der Waals surface area contributed by atoms with Crippen LogP contribution in [0.25, 0.3) is 0 Å². The molecule has 0 aliphatic heterocycles. The molecule has 1 fully saturated rings. The van der Waals surface area contributed by atoms with Gasteiger partial charge in [0.05, 0.1) is 0 Å². The predicted octanol–water partition coefficient (Wildman–Crippen LogP) is 7.61. The summed E-state index contributed by atoms with van der Waals surface area (Å²) >= 11 is 0. The summed E-state index contributed by atoms with van der Waals surface area (Å²) in [6.07, 6.45) is 6.68. The minimum atomic E-state index is -0.222. The average molecular weight is 435 g/mol. The fourth-order valence-corrected chi connectivity index (χ4v) is 4.43. The molecule has 33 heavy (non-hydrogen) atoms. The van der Waals surface area contributed by atoms with Crippen LogP contribution in [0.15, 0.2) is 60.7 Å². The Hall–Kier alpha value is -3.29. The summed E-state index contributed by atoms with van der Waals surface area (Å²) in [6.45, 7) is 6.18. The second-order valence-corrected chi connectivity index (χ2v) is 9.52. The first-order valence-electron chi connectivity index (χ1n) is 12.0. The molecule has 166 valence electrons. The highest BCUT2D eigenvalue weighted by molar-refractivity contribution is 5.51. The first kappa shape index (κ1) is 22.9. The van der Waals surface area contributed by atoms with E-state index in [-0.39, 0.29) is 5.82 Å². The van der Waals surface area contributed by atoms with Gasteiger partial charge in [0.2, 0.25) is 0 Å². The molecule has 0 amide bonds. The third-order valence-electron chi connectivity index (χ3n) is 6.70. The molecule has 0 N–H and O–H groups in total. The Morgan fingerprint density at radius 2 is 1.30 bits per heavy atom. The van der Waals surface area contributed by atoms with E-state index in [1.54, 1.807) is 13.0 Å². The number of aryl methyl sites for hydroxylation is 2. The Morgan fingerprint density at radius 3 is 1.97 bits per heavy atom. The van der Waals surface area contributed by atoms with E-state index in [1.807, 2.05) is 24.3 Å². The Morgan fingerprint density at radius 1 is 0.697 bits per heavy atom. The lowest BCUT2D eigenvalue weighted by molar-refractivity contribution is 0.289. The highest BCUT2D eigenvalue weighted by Crippen LogP contribution is 2.30. The lowest BCUT2D eigenvalue weighted by Crippen LogP contribution is -2.14. The maximum atomic E-state index is 13.7. The van der Waals surface area contributed by atoms with E-state index in [9.17, 15) is 4.39 Å². The van der Waals surface area contributed by atoms with E-state index in [0.717, 1.165) is 34.1 Å². The highest BCUT2D eigenvalue weighted by Gasteiger charge is 2.18. The lowest BCUT2D eigenvalue weighted by atomic mass is 9.80. The number of halogens is 1. The molecule has 0 atom stereocenters. The molecule has 0 radical (unpaired) electrons. The molecule has 0 aromatic heterocycles. The van der Waals surface area contributed by atoms with Crippen molar-refractivity contribution in [2.24, 2.45) is 11.8 Å². The van der Waals surface area contributed by atoms with Crippen LogP contribution in [-0.4, -0.2) is 0 Å². The van der Waals surface area contributed by atoms with Crippen LogP contribution < -0.4 is 0 Å². The van der Waals surface area contributed by atoms with Gasteiger partial charge in [-0.3, -0.25) is 0 Å². The van der Waals surface area contributed by atoms with Gasteiger partial charge in [-0.2, -0.15) is 0 Å². The summed E-state index contributed by atoms with van der Waals surface area (Å²) in [5.41, 5.74) is 6.78. The van der Waals surface area contributed by atoms with Crippen molar-refractivity contribution in [1.29, 1.82) is 0 Å². The molecule has 3 aromatic rings. The van der Waals surface area contributed by atoms with Gasteiger partial charge in [0.15, 0.2) is 0 Å². The zero-order valence-electron chi connectivity index (χ0n) is 19.8. The Labute approximate surface area is 198 Å². The topological polar surface area (TPSA) is 0 Å². The van der Waals surface area contributed by atoms with Gasteiger partial charge in [-0.15, -0.1) is 0 Å². The number of hydrogen-bond donors (Lipinski definition) is 0. The lowest BCUT2D eigenvalue weighted by Gasteiger charge is -2.26. The summed E-state index contributed by atoms with van der Waals surface area (Å²) in [6, 6.07) is 19.9. The molecule has 1 aliphatic carbocycles. The van der Waals surface area contributed by atoms with Crippen molar-refractivity contribution in [2.45, 2.75) is 52.9 Å². The Kier molecular flexibility index (Phi) is 7.32. The van der Waals surface area contributed by atoms with E-state index in [4.69, 9.17) is 0 Å². The van der Waals surface area contributed by atoms with Gasteiger partial charge < -0.3 is 0 Å². The summed E-state index contributed by atoms with van der Waals surface area (Å²) < 4.78 is 13.7. The van der Waals surface area contributed by atoms with Crippen molar-refractivity contribution in [3.8, 4) is 23.7 Å². The van der Waals surface area contributed by atoms with Crippen molar-refractivity contribution in [3.63, 3.8) is 0 Å². The maximum Gasteiger partial charge on any atom is 0.127 e. The molecule has 0 saturated heterocycles. The zero-order chi connectivity index (χ0) is 23.2. The van der Waals surface area contributed by atoms with Crippen LogP contribution in [0.1, 0.15) is 71.6 Å². The predicted molar refractivity (Wildman–Crippen MR) is 136 cm³/mol. The van der Waals surface area contributed by atoms with Crippen molar-refractivity contribution in [3.05, 3.63) is 105 Å². The van der Waals surface area contributed by atoms with E-state index in [0.29, 0.717) is 11.1 Å². The summed E-state index contributed by atoms with van der Waals surface area (Å²) in [5, 5.41) is 0. The number of benzene rings is 3. The van der Waals surface area contributed by atoms with Crippen LogP contribution in [0, 0.1) is 55.2 Å². The Bertz CT molecular complexity index is 1230. The van der Waals surface area contributed by atoms with E-state index < -0.39 is 0 Å². The molecule has 0 bridgehead atoms. The SMILES string of the molecule is Cc1ccc(C#Cc2ccc(C#Cc3ccc(CC4CCC(C)CC4)cc3)c(C)c2)cc1F. The number of rotatable bonds is 2. The van der Waals surface area contributed by atoms with E-state index >= 15 is 0 Å². The molecule has 1 heteroatoms. The van der Waals surface area contributed by atoms with Crippen LogP contribution in [0.5, 0.6) is 0 Å². The van der Waals surface area contributed by atoms with Gasteiger partial charge in [0.1, 0.15) is 5.82 Å². The van der Waals surface area contributed by atoms with Crippen LogP contribution in [0.3, 0.4) is 0 Å². The minimum absolute atomic E-state index is 0.222. The summed E-state index contributed by atoms with van der Waals surface area (Å²) in [4.78, 5) is 0.